The standard InChI is InChI=1S/C23H28ClN3O6S/c1-15(21(28)27-9-10-33-19(13-27)14-32-2)23(7-8-25-22(23)29)26-34(30,31)20-6-4-16-11-18(24)5-3-17(16)12-20/h3-6,11-12,15,19,26H,7-10,13-14H2,1-2H3,(H,25,29)/t15-,19?,23+/m1/s1. The van der Waals surface area contributed by atoms with Crippen LogP contribution in [0.1, 0.15) is 13.3 Å². The molecule has 2 aliphatic heterocycles. The van der Waals surface area contributed by atoms with Crippen LogP contribution in [-0.4, -0.2) is 76.7 Å². The molecule has 4 rings (SSSR count). The summed E-state index contributed by atoms with van der Waals surface area (Å²) in [6.45, 7) is 3.22. The van der Waals surface area contributed by atoms with Crippen LogP contribution in [0.4, 0.5) is 0 Å². The Bertz CT molecular complexity index is 1200. The first-order valence-corrected chi connectivity index (χ1v) is 12.9. The number of ether oxygens (including phenoxy) is 2. The average molecular weight is 510 g/mol. The molecule has 3 atom stereocenters. The van der Waals surface area contributed by atoms with Crippen LogP contribution < -0.4 is 10.0 Å². The molecule has 0 saturated carbocycles. The molecule has 2 aromatic rings. The number of hydrogen-bond donors (Lipinski definition) is 2. The summed E-state index contributed by atoms with van der Waals surface area (Å²) in [5.74, 6) is -1.74. The van der Waals surface area contributed by atoms with E-state index in [2.05, 4.69) is 10.0 Å². The smallest absolute Gasteiger partial charge is 0.242 e. The van der Waals surface area contributed by atoms with Gasteiger partial charge in [-0.25, -0.2) is 8.42 Å². The van der Waals surface area contributed by atoms with Gasteiger partial charge in [-0.3, -0.25) is 9.59 Å². The molecule has 2 aromatic carbocycles. The van der Waals surface area contributed by atoms with Gasteiger partial charge in [-0.1, -0.05) is 30.7 Å². The second-order valence-electron chi connectivity index (χ2n) is 8.69. The molecule has 2 amide bonds. The summed E-state index contributed by atoms with van der Waals surface area (Å²) in [6.07, 6.45) is -0.112. The number of sulfonamides is 1. The minimum atomic E-state index is -4.12. The molecule has 0 radical (unpaired) electrons. The molecule has 11 heteroatoms. The van der Waals surface area contributed by atoms with Gasteiger partial charge in [0.15, 0.2) is 0 Å². The fourth-order valence-electron chi connectivity index (χ4n) is 4.59. The van der Waals surface area contributed by atoms with E-state index in [0.717, 1.165) is 5.39 Å². The number of amides is 2. The Kier molecular flexibility index (Phi) is 7.16. The molecule has 0 bridgehead atoms. The summed E-state index contributed by atoms with van der Waals surface area (Å²) in [6, 6.07) is 9.81. The second-order valence-corrected chi connectivity index (χ2v) is 10.8. The molecule has 1 unspecified atom stereocenters. The molecule has 0 spiro atoms. The minimum absolute atomic E-state index is 0.00702. The Morgan fingerprint density at radius 1 is 1.32 bits per heavy atom. The van der Waals surface area contributed by atoms with E-state index in [0.29, 0.717) is 36.7 Å². The quantitative estimate of drug-likeness (QED) is 0.585. The number of nitrogens with one attached hydrogen (secondary N) is 2. The van der Waals surface area contributed by atoms with Gasteiger partial charge < -0.3 is 19.7 Å². The van der Waals surface area contributed by atoms with Crippen molar-refractivity contribution in [2.45, 2.75) is 29.9 Å². The first kappa shape index (κ1) is 24.9. The van der Waals surface area contributed by atoms with Gasteiger partial charge in [-0.15, -0.1) is 0 Å². The van der Waals surface area contributed by atoms with E-state index in [1.807, 2.05) is 0 Å². The maximum Gasteiger partial charge on any atom is 0.242 e. The van der Waals surface area contributed by atoms with Crippen molar-refractivity contribution in [3.63, 3.8) is 0 Å². The lowest BCUT2D eigenvalue weighted by Crippen LogP contribution is -2.62. The van der Waals surface area contributed by atoms with E-state index in [1.54, 1.807) is 43.2 Å². The second kappa shape index (κ2) is 9.79. The third-order valence-electron chi connectivity index (χ3n) is 6.52. The monoisotopic (exact) mass is 509 g/mol. The van der Waals surface area contributed by atoms with Crippen molar-refractivity contribution in [3.8, 4) is 0 Å². The van der Waals surface area contributed by atoms with Crippen LogP contribution in [0.15, 0.2) is 41.3 Å². The molecule has 2 aliphatic rings. The molecular weight excluding hydrogens is 482 g/mol. The summed E-state index contributed by atoms with van der Waals surface area (Å²) in [5.41, 5.74) is -1.60. The van der Waals surface area contributed by atoms with Crippen LogP contribution in [-0.2, 0) is 29.1 Å². The first-order chi connectivity index (χ1) is 16.2. The SMILES string of the molecule is COCC1CN(C(=O)[C@@H](C)[C@@]2(NS(=O)(=O)c3ccc4cc(Cl)ccc4c3)CCNC2=O)CCO1. The number of morpholine rings is 1. The largest absolute Gasteiger partial charge is 0.382 e. The lowest BCUT2D eigenvalue weighted by Gasteiger charge is -2.38. The highest BCUT2D eigenvalue weighted by Gasteiger charge is 2.53. The number of rotatable bonds is 7. The zero-order chi connectivity index (χ0) is 24.5. The predicted octanol–water partition coefficient (Wildman–Crippen LogP) is 1.54. The van der Waals surface area contributed by atoms with Crippen molar-refractivity contribution in [1.82, 2.24) is 14.9 Å². The van der Waals surface area contributed by atoms with Crippen molar-refractivity contribution in [2.24, 2.45) is 5.92 Å². The fraction of sp³-hybridized carbons (Fsp3) is 0.478. The molecule has 2 saturated heterocycles. The molecular formula is C23H28ClN3O6S. The van der Waals surface area contributed by atoms with Crippen molar-refractivity contribution < 1.29 is 27.5 Å². The van der Waals surface area contributed by atoms with Gasteiger partial charge in [0.2, 0.25) is 21.8 Å². The van der Waals surface area contributed by atoms with Gasteiger partial charge in [0.1, 0.15) is 5.54 Å². The highest BCUT2D eigenvalue weighted by Crippen LogP contribution is 2.31. The van der Waals surface area contributed by atoms with E-state index >= 15 is 0 Å². The third-order valence-corrected chi connectivity index (χ3v) is 8.27. The zero-order valence-electron chi connectivity index (χ0n) is 19.0. The highest BCUT2D eigenvalue weighted by atomic mass is 35.5. The molecule has 184 valence electrons. The van der Waals surface area contributed by atoms with Crippen LogP contribution in [0.2, 0.25) is 5.02 Å². The number of nitrogens with zero attached hydrogens (tertiary/aromatic N) is 1. The molecule has 0 aliphatic carbocycles. The fourth-order valence-corrected chi connectivity index (χ4v) is 6.27. The number of benzene rings is 2. The van der Waals surface area contributed by atoms with Crippen molar-refractivity contribution in [2.75, 3.05) is 40.0 Å². The molecule has 2 heterocycles. The van der Waals surface area contributed by atoms with Crippen LogP contribution in [0.5, 0.6) is 0 Å². The van der Waals surface area contributed by atoms with E-state index in [-0.39, 0.29) is 29.9 Å². The summed E-state index contributed by atoms with van der Waals surface area (Å²) >= 11 is 6.03. The summed E-state index contributed by atoms with van der Waals surface area (Å²) < 4.78 is 40.2. The van der Waals surface area contributed by atoms with Crippen LogP contribution >= 0.6 is 11.6 Å². The van der Waals surface area contributed by atoms with Gasteiger partial charge in [-0.05, 0) is 41.5 Å². The van der Waals surface area contributed by atoms with Gasteiger partial charge in [0.05, 0.1) is 30.1 Å². The Labute approximate surface area is 203 Å². The van der Waals surface area contributed by atoms with E-state index < -0.39 is 27.4 Å². The topological polar surface area (TPSA) is 114 Å². The molecule has 2 fully saturated rings. The minimum Gasteiger partial charge on any atom is -0.382 e. The van der Waals surface area contributed by atoms with Crippen LogP contribution in [0.25, 0.3) is 10.8 Å². The number of carbonyl (C=O) groups excluding carboxylic acids is 2. The lowest BCUT2D eigenvalue weighted by molar-refractivity contribution is -0.149. The number of halogens is 1. The maximum atomic E-state index is 13.4. The van der Waals surface area contributed by atoms with E-state index in [4.69, 9.17) is 21.1 Å². The van der Waals surface area contributed by atoms with Crippen LogP contribution in [0, 0.1) is 5.92 Å². The van der Waals surface area contributed by atoms with Crippen molar-refractivity contribution in [3.05, 3.63) is 41.4 Å². The lowest BCUT2D eigenvalue weighted by atomic mass is 9.83. The average Bonchev–Trinajstić information content (AvgIpc) is 3.18. The Morgan fingerprint density at radius 3 is 2.76 bits per heavy atom. The predicted molar refractivity (Wildman–Crippen MR) is 127 cm³/mol. The zero-order valence-corrected chi connectivity index (χ0v) is 20.6. The molecule has 34 heavy (non-hydrogen) atoms. The number of methoxy groups -OCH3 is 1. The van der Waals surface area contributed by atoms with Crippen LogP contribution in [0.3, 0.4) is 0 Å². The van der Waals surface area contributed by atoms with Crippen molar-refractivity contribution >= 4 is 44.2 Å². The highest BCUT2D eigenvalue weighted by molar-refractivity contribution is 7.89. The molecule has 9 nitrogen and oxygen atoms in total. The van der Waals surface area contributed by atoms with Gasteiger partial charge in [0, 0.05) is 31.8 Å². The Balaban J connectivity index is 1.62. The summed E-state index contributed by atoms with van der Waals surface area (Å²) in [7, 11) is -2.57. The first-order valence-electron chi connectivity index (χ1n) is 11.1. The Morgan fingerprint density at radius 2 is 2.06 bits per heavy atom. The maximum absolute atomic E-state index is 13.4. The summed E-state index contributed by atoms with van der Waals surface area (Å²) in [5, 5.41) is 4.73. The Hall–Kier alpha value is -2.24. The van der Waals surface area contributed by atoms with Crippen molar-refractivity contribution in [1.29, 1.82) is 0 Å². The van der Waals surface area contributed by atoms with Gasteiger partial charge in [-0.2, -0.15) is 4.72 Å². The molecule has 0 aromatic heterocycles. The number of fused-ring (bicyclic) bond motifs is 1. The normalized spacial score (nSPS) is 24.3. The van der Waals surface area contributed by atoms with E-state index in [1.165, 1.54) is 12.1 Å². The third kappa shape index (κ3) is 4.78. The summed E-state index contributed by atoms with van der Waals surface area (Å²) in [4.78, 5) is 28.0. The number of carbonyl (C=O) groups is 2. The van der Waals surface area contributed by atoms with Gasteiger partial charge >= 0.3 is 0 Å². The van der Waals surface area contributed by atoms with E-state index in [9.17, 15) is 18.0 Å². The van der Waals surface area contributed by atoms with Gasteiger partial charge in [0.25, 0.3) is 0 Å². The number of hydrogen-bond acceptors (Lipinski definition) is 6. The molecule has 2 N–H and O–H groups in total.